The molecule has 0 aliphatic rings. The molecule has 0 atom stereocenters. The Labute approximate surface area is 99.5 Å². The SMILES string of the molecule is CCC(C)(CC)CCCc1ccc(O)cc1. The van der Waals surface area contributed by atoms with E-state index in [-0.39, 0.29) is 0 Å². The van der Waals surface area contributed by atoms with Crippen LogP contribution in [0.1, 0.15) is 52.0 Å². The number of phenolic OH excluding ortho intramolecular Hbond substituents is 1. The van der Waals surface area contributed by atoms with Crippen molar-refractivity contribution in [3.63, 3.8) is 0 Å². The van der Waals surface area contributed by atoms with Gasteiger partial charge in [0, 0.05) is 0 Å². The van der Waals surface area contributed by atoms with E-state index in [2.05, 4.69) is 20.8 Å². The summed E-state index contributed by atoms with van der Waals surface area (Å²) in [5.41, 5.74) is 1.84. The molecule has 1 nitrogen and oxygen atoms in total. The van der Waals surface area contributed by atoms with E-state index in [4.69, 9.17) is 0 Å². The zero-order valence-electron chi connectivity index (χ0n) is 10.8. The average molecular weight is 220 g/mol. The van der Waals surface area contributed by atoms with Gasteiger partial charge in [0.15, 0.2) is 0 Å². The fraction of sp³-hybridized carbons (Fsp3) is 0.600. The molecule has 0 saturated carbocycles. The molecule has 0 amide bonds. The van der Waals surface area contributed by atoms with Crippen molar-refractivity contribution < 1.29 is 5.11 Å². The average Bonchev–Trinajstić information content (AvgIpc) is 2.31. The molecule has 1 aromatic carbocycles. The van der Waals surface area contributed by atoms with Crippen LogP contribution < -0.4 is 0 Å². The van der Waals surface area contributed by atoms with Crippen LogP contribution in [0.15, 0.2) is 24.3 Å². The molecular weight excluding hydrogens is 196 g/mol. The van der Waals surface area contributed by atoms with E-state index in [1.165, 1.54) is 31.2 Å². The molecule has 0 fully saturated rings. The van der Waals surface area contributed by atoms with Gasteiger partial charge in [-0.1, -0.05) is 45.7 Å². The lowest BCUT2D eigenvalue weighted by molar-refractivity contribution is 0.266. The first kappa shape index (κ1) is 13.1. The summed E-state index contributed by atoms with van der Waals surface area (Å²) in [6, 6.07) is 7.58. The van der Waals surface area contributed by atoms with Crippen molar-refractivity contribution in [2.75, 3.05) is 0 Å². The van der Waals surface area contributed by atoms with Gasteiger partial charge in [-0.25, -0.2) is 0 Å². The number of phenols is 1. The third-order valence-corrected chi connectivity index (χ3v) is 3.89. The third kappa shape index (κ3) is 3.88. The standard InChI is InChI=1S/C15H24O/c1-4-15(3,5-2)12-6-7-13-8-10-14(16)11-9-13/h8-11,16H,4-7,12H2,1-3H3. The Morgan fingerprint density at radius 1 is 1.06 bits per heavy atom. The van der Waals surface area contributed by atoms with Crippen molar-refractivity contribution in [3.8, 4) is 5.75 Å². The van der Waals surface area contributed by atoms with Crippen molar-refractivity contribution in [2.45, 2.75) is 52.9 Å². The Hall–Kier alpha value is -0.980. The van der Waals surface area contributed by atoms with Gasteiger partial charge in [0.2, 0.25) is 0 Å². The van der Waals surface area contributed by atoms with Crippen LogP contribution in [0, 0.1) is 5.41 Å². The smallest absolute Gasteiger partial charge is 0.115 e. The van der Waals surface area contributed by atoms with Crippen LogP contribution in [0.5, 0.6) is 5.75 Å². The Morgan fingerprint density at radius 3 is 2.12 bits per heavy atom. The van der Waals surface area contributed by atoms with Crippen LogP contribution in [0.25, 0.3) is 0 Å². The predicted molar refractivity (Wildman–Crippen MR) is 69.7 cm³/mol. The van der Waals surface area contributed by atoms with Crippen LogP contribution in [-0.2, 0) is 6.42 Å². The van der Waals surface area contributed by atoms with E-state index in [9.17, 15) is 5.11 Å². The Kier molecular flexibility index (Phi) is 4.85. The number of hydrogen-bond donors (Lipinski definition) is 1. The summed E-state index contributed by atoms with van der Waals surface area (Å²) in [5.74, 6) is 0.357. The predicted octanol–water partition coefficient (Wildman–Crippen LogP) is 4.54. The Bertz CT molecular complexity index is 296. The summed E-state index contributed by atoms with van der Waals surface area (Å²) in [6.45, 7) is 6.94. The minimum Gasteiger partial charge on any atom is -0.508 e. The first-order chi connectivity index (χ1) is 7.59. The largest absolute Gasteiger partial charge is 0.508 e. The van der Waals surface area contributed by atoms with E-state index < -0.39 is 0 Å². The second-order valence-electron chi connectivity index (χ2n) is 5.04. The molecular formula is C15H24O. The van der Waals surface area contributed by atoms with Crippen molar-refractivity contribution in [1.29, 1.82) is 0 Å². The lowest BCUT2D eigenvalue weighted by Gasteiger charge is -2.26. The molecule has 0 saturated heterocycles. The summed E-state index contributed by atoms with van der Waals surface area (Å²) in [4.78, 5) is 0. The van der Waals surface area contributed by atoms with Crippen LogP contribution in [-0.4, -0.2) is 5.11 Å². The highest BCUT2D eigenvalue weighted by Gasteiger charge is 2.18. The number of benzene rings is 1. The summed E-state index contributed by atoms with van der Waals surface area (Å²) in [6.07, 6.45) is 6.18. The van der Waals surface area contributed by atoms with Gasteiger partial charge in [-0.2, -0.15) is 0 Å². The molecule has 1 aromatic rings. The maximum absolute atomic E-state index is 9.19. The van der Waals surface area contributed by atoms with Crippen molar-refractivity contribution in [2.24, 2.45) is 5.41 Å². The molecule has 1 rings (SSSR count). The quantitative estimate of drug-likeness (QED) is 0.746. The summed E-state index contributed by atoms with van der Waals surface area (Å²) in [5, 5.41) is 9.19. The fourth-order valence-corrected chi connectivity index (χ4v) is 1.99. The molecule has 0 aliphatic carbocycles. The third-order valence-electron chi connectivity index (χ3n) is 3.89. The van der Waals surface area contributed by atoms with Crippen LogP contribution >= 0.6 is 0 Å². The van der Waals surface area contributed by atoms with E-state index in [0.717, 1.165) is 6.42 Å². The van der Waals surface area contributed by atoms with Crippen molar-refractivity contribution in [1.82, 2.24) is 0 Å². The molecule has 0 heterocycles. The minimum atomic E-state index is 0.357. The van der Waals surface area contributed by atoms with Gasteiger partial charge in [0.25, 0.3) is 0 Å². The van der Waals surface area contributed by atoms with Crippen LogP contribution in [0.3, 0.4) is 0 Å². The minimum absolute atomic E-state index is 0.357. The van der Waals surface area contributed by atoms with E-state index >= 15 is 0 Å². The zero-order chi connectivity index (χ0) is 12.0. The van der Waals surface area contributed by atoms with Gasteiger partial charge < -0.3 is 5.11 Å². The molecule has 16 heavy (non-hydrogen) atoms. The lowest BCUT2D eigenvalue weighted by atomic mass is 9.80. The Morgan fingerprint density at radius 2 is 1.62 bits per heavy atom. The van der Waals surface area contributed by atoms with Gasteiger partial charge in [-0.05, 0) is 42.4 Å². The molecule has 90 valence electrons. The molecule has 0 spiro atoms. The highest BCUT2D eigenvalue weighted by Crippen LogP contribution is 2.31. The van der Waals surface area contributed by atoms with Gasteiger partial charge in [-0.15, -0.1) is 0 Å². The van der Waals surface area contributed by atoms with Gasteiger partial charge in [0.1, 0.15) is 5.75 Å². The molecule has 0 aliphatic heterocycles. The molecule has 0 radical (unpaired) electrons. The highest BCUT2D eigenvalue weighted by molar-refractivity contribution is 5.25. The maximum Gasteiger partial charge on any atom is 0.115 e. The zero-order valence-corrected chi connectivity index (χ0v) is 10.8. The first-order valence-electron chi connectivity index (χ1n) is 6.37. The maximum atomic E-state index is 9.19. The Balaban J connectivity index is 2.38. The molecule has 1 heteroatoms. The van der Waals surface area contributed by atoms with Gasteiger partial charge >= 0.3 is 0 Å². The van der Waals surface area contributed by atoms with Crippen molar-refractivity contribution >= 4 is 0 Å². The van der Waals surface area contributed by atoms with E-state index in [1.54, 1.807) is 12.1 Å². The van der Waals surface area contributed by atoms with E-state index in [0.29, 0.717) is 11.2 Å². The highest BCUT2D eigenvalue weighted by atomic mass is 16.3. The molecule has 1 N–H and O–H groups in total. The number of aromatic hydroxyl groups is 1. The molecule has 0 aromatic heterocycles. The van der Waals surface area contributed by atoms with Crippen LogP contribution in [0.4, 0.5) is 0 Å². The van der Waals surface area contributed by atoms with E-state index in [1.807, 2.05) is 12.1 Å². The number of hydrogen-bond acceptors (Lipinski definition) is 1. The van der Waals surface area contributed by atoms with Crippen molar-refractivity contribution in [3.05, 3.63) is 29.8 Å². The summed E-state index contributed by atoms with van der Waals surface area (Å²) in [7, 11) is 0. The van der Waals surface area contributed by atoms with Gasteiger partial charge in [-0.3, -0.25) is 0 Å². The lowest BCUT2D eigenvalue weighted by Crippen LogP contribution is -2.13. The fourth-order valence-electron chi connectivity index (χ4n) is 1.99. The topological polar surface area (TPSA) is 20.2 Å². The summed E-state index contributed by atoms with van der Waals surface area (Å²) >= 11 is 0. The monoisotopic (exact) mass is 220 g/mol. The second-order valence-corrected chi connectivity index (χ2v) is 5.04. The molecule has 0 unspecified atom stereocenters. The normalized spacial score (nSPS) is 11.7. The number of aryl methyl sites for hydroxylation is 1. The second kappa shape index (κ2) is 5.93. The number of rotatable bonds is 6. The summed E-state index contributed by atoms with van der Waals surface area (Å²) < 4.78 is 0. The first-order valence-corrected chi connectivity index (χ1v) is 6.37. The van der Waals surface area contributed by atoms with Crippen LogP contribution in [0.2, 0.25) is 0 Å². The molecule has 0 bridgehead atoms. The van der Waals surface area contributed by atoms with Gasteiger partial charge in [0.05, 0.1) is 0 Å².